The normalized spacial score (nSPS) is 17.0. The number of nitrogens with zero attached hydrogens (tertiary/aromatic N) is 1. The van der Waals surface area contributed by atoms with Crippen molar-refractivity contribution in [1.29, 1.82) is 0 Å². The second-order valence-electron chi connectivity index (χ2n) is 4.66. The van der Waals surface area contributed by atoms with Crippen LogP contribution in [0.5, 0.6) is 0 Å². The third-order valence-electron chi connectivity index (χ3n) is 3.34. The van der Waals surface area contributed by atoms with Gasteiger partial charge in [0, 0.05) is 6.54 Å². The van der Waals surface area contributed by atoms with E-state index in [-0.39, 0.29) is 0 Å². The summed E-state index contributed by atoms with van der Waals surface area (Å²) < 4.78 is 0. The van der Waals surface area contributed by atoms with Gasteiger partial charge in [0.1, 0.15) is 0 Å². The molecule has 1 aromatic rings. The first kappa shape index (κ1) is 12.4. The number of benzene rings is 1. The molecule has 0 aromatic heterocycles. The van der Waals surface area contributed by atoms with E-state index in [9.17, 15) is 0 Å². The Morgan fingerprint density at radius 3 is 2.47 bits per heavy atom. The lowest BCUT2D eigenvalue weighted by atomic mass is 10.1. The molecule has 0 aliphatic carbocycles. The van der Waals surface area contributed by atoms with Crippen molar-refractivity contribution in [1.82, 2.24) is 4.90 Å². The van der Waals surface area contributed by atoms with Crippen molar-refractivity contribution in [3.8, 4) is 0 Å². The summed E-state index contributed by atoms with van der Waals surface area (Å²) in [5, 5.41) is 0. The standard InChI is InChI=1S/C14H22N2O/c1-17-15-14-7-5-13(6-8-14)9-12-16-10-3-2-4-11-16/h5-8,15H,2-4,9-12H2,1H3. The molecule has 94 valence electrons. The van der Waals surface area contributed by atoms with Gasteiger partial charge in [0.2, 0.25) is 0 Å². The summed E-state index contributed by atoms with van der Waals surface area (Å²) in [6.07, 6.45) is 5.30. The average Bonchev–Trinajstić information content (AvgIpc) is 2.40. The summed E-state index contributed by atoms with van der Waals surface area (Å²) in [6.45, 7) is 3.75. The van der Waals surface area contributed by atoms with Crippen molar-refractivity contribution < 1.29 is 4.84 Å². The molecule has 1 saturated heterocycles. The zero-order valence-corrected chi connectivity index (χ0v) is 10.6. The topological polar surface area (TPSA) is 24.5 Å². The predicted octanol–water partition coefficient (Wildman–Crippen LogP) is 2.69. The van der Waals surface area contributed by atoms with Crippen LogP contribution in [0.25, 0.3) is 0 Å². The van der Waals surface area contributed by atoms with E-state index < -0.39 is 0 Å². The van der Waals surface area contributed by atoms with Gasteiger partial charge in [0.25, 0.3) is 0 Å². The highest BCUT2D eigenvalue weighted by Gasteiger charge is 2.09. The second-order valence-corrected chi connectivity index (χ2v) is 4.66. The summed E-state index contributed by atoms with van der Waals surface area (Å²) in [7, 11) is 1.63. The summed E-state index contributed by atoms with van der Waals surface area (Å²) >= 11 is 0. The monoisotopic (exact) mass is 234 g/mol. The van der Waals surface area contributed by atoms with Crippen molar-refractivity contribution in [2.75, 3.05) is 32.2 Å². The molecule has 0 atom stereocenters. The van der Waals surface area contributed by atoms with Crippen molar-refractivity contribution in [2.24, 2.45) is 0 Å². The van der Waals surface area contributed by atoms with E-state index in [0.717, 1.165) is 12.1 Å². The van der Waals surface area contributed by atoms with Crippen LogP contribution >= 0.6 is 0 Å². The Kier molecular flexibility index (Phi) is 4.83. The van der Waals surface area contributed by atoms with E-state index in [1.54, 1.807) is 7.11 Å². The van der Waals surface area contributed by atoms with Gasteiger partial charge in [0.15, 0.2) is 0 Å². The highest BCUT2D eigenvalue weighted by molar-refractivity contribution is 5.42. The number of anilines is 1. The number of hydrogen-bond donors (Lipinski definition) is 1. The molecule has 1 aromatic carbocycles. The van der Waals surface area contributed by atoms with Gasteiger partial charge < -0.3 is 4.90 Å². The Labute approximate surface area is 104 Å². The molecule has 1 aliphatic rings. The van der Waals surface area contributed by atoms with E-state index in [1.165, 1.54) is 44.5 Å². The third kappa shape index (κ3) is 4.02. The van der Waals surface area contributed by atoms with Gasteiger partial charge >= 0.3 is 0 Å². The maximum absolute atomic E-state index is 4.86. The van der Waals surface area contributed by atoms with Gasteiger partial charge in [-0.3, -0.25) is 10.3 Å². The third-order valence-corrected chi connectivity index (χ3v) is 3.34. The van der Waals surface area contributed by atoms with Crippen LogP contribution in [0.15, 0.2) is 24.3 Å². The van der Waals surface area contributed by atoms with Crippen LogP contribution in [0.1, 0.15) is 24.8 Å². The van der Waals surface area contributed by atoms with Crippen LogP contribution < -0.4 is 5.48 Å². The molecule has 0 bridgehead atoms. The van der Waals surface area contributed by atoms with Gasteiger partial charge in [-0.2, -0.15) is 0 Å². The van der Waals surface area contributed by atoms with Gasteiger partial charge in [-0.15, -0.1) is 0 Å². The van der Waals surface area contributed by atoms with Crippen molar-refractivity contribution in [3.05, 3.63) is 29.8 Å². The second kappa shape index (κ2) is 6.62. The molecule has 17 heavy (non-hydrogen) atoms. The van der Waals surface area contributed by atoms with E-state index in [1.807, 2.05) is 0 Å². The molecule has 1 aliphatic heterocycles. The van der Waals surface area contributed by atoms with Gasteiger partial charge in [-0.25, -0.2) is 0 Å². The lowest BCUT2D eigenvalue weighted by Gasteiger charge is -2.26. The molecule has 0 saturated carbocycles. The lowest BCUT2D eigenvalue weighted by Crippen LogP contribution is -2.31. The maximum Gasteiger partial charge on any atom is 0.0636 e. The number of likely N-dealkylation sites (tertiary alicyclic amines) is 1. The van der Waals surface area contributed by atoms with Gasteiger partial charge in [0.05, 0.1) is 12.8 Å². The number of rotatable bonds is 5. The molecule has 1 fully saturated rings. The van der Waals surface area contributed by atoms with Crippen molar-refractivity contribution >= 4 is 5.69 Å². The van der Waals surface area contributed by atoms with E-state index in [2.05, 4.69) is 34.6 Å². The molecule has 3 nitrogen and oxygen atoms in total. The average molecular weight is 234 g/mol. The SMILES string of the molecule is CONc1ccc(CCN2CCCCC2)cc1. The molecule has 3 heteroatoms. The first-order chi connectivity index (χ1) is 8.38. The van der Waals surface area contributed by atoms with E-state index >= 15 is 0 Å². The van der Waals surface area contributed by atoms with Crippen molar-refractivity contribution in [2.45, 2.75) is 25.7 Å². The Morgan fingerprint density at radius 2 is 1.82 bits per heavy atom. The fourth-order valence-corrected chi connectivity index (χ4v) is 2.33. The Balaban J connectivity index is 1.77. The Hall–Kier alpha value is -1.06. The first-order valence-corrected chi connectivity index (χ1v) is 6.49. The fourth-order valence-electron chi connectivity index (χ4n) is 2.33. The predicted molar refractivity (Wildman–Crippen MR) is 71.1 cm³/mol. The largest absolute Gasteiger partial charge is 0.303 e. The summed E-state index contributed by atoms with van der Waals surface area (Å²) in [6, 6.07) is 8.47. The molecule has 0 amide bonds. The Bertz CT molecular complexity index is 317. The van der Waals surface area contributed by atoms with E-state index in [4.69, 9.17) is 4.84 Å². The van der Waals surface area contributed by atoms with Crippen LogP contribution in [-0.4, -0.2) is 31.6 Å². The molecule has 1 heterocycles. The van der Waals surface area contributed by atoms with Crippen LogP contribution in [0.3, 0.4) is 0 Å². The van der Waals surface area contributed by atoms with Gasteiger partial charge in [-0.05, 0) is 50.0 Å². The summed E-state index contributed by atoms with van der Waals surface area (Å²) in [5.74, 6) is 0. The number of piperidine rings is 1. The van der Waals surface area contributed by atoms with Crippen molar-refractivity contribution in [3.63, 3.8) is 0 Å². The molecule has 2 rings (SSSR count). The minimum atomic E-state index is 1.01. The number of nitrogens with one attached hydrogen (secondary N) is 1. The smallest absolute Gasteiger partial charge is 0.0636 e. The zero-order chi connectivity index (χ0) is 11.9. The Morgan fingerprint density at radius 1 is 1.12 bits per heavy atom. The van der Waals surface area contributed by atoms with Crippen LogP contribution in [-0.2, 0) is 11.3 Å². The molecule has 0 radical (unpaired) electrons. The summed E-state index contributed by atoms with van der Waals surface area (Å²) in [5.41, 5.74) is 5.24. The van der Waals surface area contributed by atoms with Gasteiger partial charge in [-0.1, -0.05) is 18.6 Å². The highest BCUT2D eigenvalue weighted by Crippen LogP contribution is 2.12. The van der Waals surface area contributed by atoms with Crippen LogP contribution in [0.2, 0.25) is 0 Å². The molecular formula is C14H22N2O. The zero-order valence-electron chi connectivity index (χ0n) is 10.6. The minimum absolute atomic E-state index is 1.01. The van der Waals surface area contributed by atoms with Crippen LogP contribution in [0.4, 0.5) is 5.69 Å². The molecule has 1 N–H and O–H groups in total. The highest BCUT2D eigenvalue weighted by atomic mass is 16.6. The first-order valence-electron chi connectivity index (χ1n) is 6.49. The maximum atomic E-state index is 4.86. The molecule has 0 unspecified atom stereocenters. The lowest BCUT2D eigenvalue weighted by molar-refractivity contribution is 0.231. The number of hydrogen-bond acceptors (Lipinski definition) is 3. The molecule has 0 spiro atoms. The fraction of sp³-hybridized carbons (Fsp3) is 0.571. The molecular weight excluding hydrogens is 212 g/mol. The minimum Gasteiger partial charge on any atom is -0.303 e. The van der Waals surface area contributed by atoms with E-state index in [0.29, 0.717) is 0 Å². The van der Waals surface area contributed by atoms with Crippen LogP contribution in [0, 0.1) is 0 Å². The summed E-state index contributed by atoms with van der Waals surface area (Å²) in [4.78, 5) is 7.44. The quantitative estimate of drug-likeness (QED) is 0.793.